The SMILES string of the molecule is C=C[C@H]1C=C(C(=O)OC)C[C@H]2[C@@H]1[N]2[Tl]. The van der Waals surface area contributed by atoms with E-state index in [0.717, 1.165) is 38.1 Å². The Kier molecular flexibility index (Phi) is 2.79. The van der Waals surface area contributed by atoms with Crippen molar-refractivity contribution in [2.75, 3.05) is 7.11 Å². The molecule has 0 spiro atoms. The number of esters is 1. The maximum atomic E-state index is 11.4. The van der Waals surface area contributed by atoms with E-state index >= 15 is 0 Å². The van der Waals surface area contributed by atoms with Gasteiger partial charge in [0.1, 0.15) is 0 Å². The zero-order valence-corrected chi connectivity index (χ0v) is 12.6. The van der Waals surface area contributed by atoms with E-state index in [1.165, 1.54) is 7.11 Å². The molecule has 14 heavy (non-hydrogen) atoms. The van der Waals surface area contributed by atoms with E-state index in [9.17, 15) is 4.79 Å². The summed E-state index contributed by atoms with van der Waals surface area (Å²) in [6.45, 7) is 3.81. The summed E-state index contributed by atoms with van der Waals surface area (Å²) in [6, 6.07) is 1.22. The average molecular weight is 383 g/mol. The molecule has 0 bridgehead atoms. The molecule has 0 aromatic carbocycles. The van der Waals surface area contributed by atoms with Crippen LogP contribution < -0.4 is 0 Å². The van der Waals surface area contributed by atoms with Gasteiger partial charge < -0.3 is 0 Å². The minimum absolute atomic E-state index is 0.180. The molecule has 1 saturated heterocycles. The van der Waals surface area contributed by atoms with E-state index in [1.54, 1.807) is 0 Å². The van der Waals surface area contributed by atoms with Crippen LogP contribution in [0.1, 0.15) is 6.42 Å². The number of carbonyl (C=O) groups is 1. The molecular weight excluding hydrogens is 370 g/mol. The number of methoxy groups -OCH3 is 1. The van der Waals surface area contributed by atoms with E-state index in [2.05, 4.69) is 9.29 Å². The standard InChI is InChI=1S/C10H12NO2.Tl/c1-3-6-4-7(10(12)13-2)5-8-9(6)11-8;/h3-4,6,8-9H,1,5H2,2H3;/q-1;+1/t6-,8-,9+;/m0./s1. The molecule has 0 amide bonds. The van der Waals surface area contributed by atoms with Crippen molar-refractivity contribution in [3.05, 3.63) is 24.3 Å². The van der Waals surface area contributed by atoms with Gasteiger partial charge in [0, 0.05) is 0 Å². The normalized spacial score (nSPS) is 39.3. The number of hydrogen-bond acceptors (Lipinski definition) is 3. The molecule has 1 unspecified atom stereocenters. The van der Waals surface area contributed by atoms with Crippen LogP contribution in [-0.4, -0.2) is 53.9 Å². The molecule has 4 atom stereocenters. The topological polar surface area (TPSA) is 29.3 Å². The van der Waals surface area contributed by atoms with Gasteiger partial charge in [-0.2, -0.15) is 0 Å². The first-order chi connectivity index (χ1) is 6.69. The first-order valence-electron chi connectivity index (χ1n) is 4.63. The fourth-order valence-corrected chi connectivity index (χ4v) is 4.46. The molecule has 0 N–H and O–H groups in total. The third-order valence-corrected chi connectivity index (χ3v) is 5.80. The third kappa shape index (κ3) is 1.56. The molecule has 1 fully saturated rings. The summed E-state index contributed by atoms with van der Waals surface area (Å²) in [4.78, 5) is 11.4. The monoisotopic (exact) mass is 383 g/mol. The molecule has 0 radical (unpaired) electrons. The molecule has 1 aliphatic heterocycles. The summed E-state index contributed by atoms with van der Waals surface area (Å²) in [7, 11) is 1.44. The first-order valence-corrected chi connectivity index (χ1v) is 6.64. The van der Waals surface area contributed by atoms with Crippen LogP contribution >= 0.6 is 0 Å². The molecule has 0 aromatic rings. The van der Waals surface area contributed by atoms with Gasteiger partial charge in [-0.05, 0) is 0 Å². The van der Waals surface area contributed by atoms with Crippen LogP contribution in [0, 0.1) is 5.92 Å². The van der Waals surface area contributed by atoms with Gasteiger partial charge in [-0.15, -0.1) is 0 Å². The number of hydrogen-bond donors (Lipinski definition) is 0. The Labute approximate surface area is 99.9 Å². The van der Waals surface area contributed by atoms with Crippen LogP contribution in [0.4, 0.5) is 0 Å². The zero-order chi connectivity index (χ0) is 10.3. The first kappa shape index (κ1) is 10.4. The average Bonchev–Trinajstić information content (AvgIpc) is 2.87. The number of rotatable bonds is 2. The quantitative estimate of drug-likeness (QED) is 0.300. The second-order valence-electron chi connectivity index (χ2n) is 3.71. The predicted octanol–water partition coefficient (Wildman–Crippen LogP) is 0.428. The Bertz CT molecular complexity index is 313. The van der Waals surface area contributed by atoms with Gasteiger partial charge in [0.2, 0.25) is 0 Å². The molecule has 1 heterocycles. The fourth-order valence-electron chi connectivity index (χ4n) is 2.12. The van der Waals surface area contributed by atoms with Gasteiger partial charge in [-0.1, -0.05) is 0 Å². The summed E-state index contributed by atoms with van der Waals surface area (Å²) in [5.74, 6) is 0.161. The Morgan fingerprint density at radius 1 is 1.86 bits per heavy atom. The maximum absolute atomic E-state index is 11.4. The van der Waals surface area contributed by atoms with Crippen molar-refractivity contribution in [1.29, 1.82) is 0 Å². The van der Waals surface area contributed by atoms with Crippen molar-refractivity contribution in [2.24, 2.45) is 5.92 Å². The number of carbonyl (C=O) groups excluding carboxylic acids is 1. The Hall–Kier alpha value is -0.168. The molecule has 4 heteroatoms. The summed E-state index contributed by atoms with van der Waals surface area (Å²) < 4.78 is 7.18. The molecule has 1 aliphatic carbocycles. The fraction of sp³-hybridized carbons (Fsp3) is 0.500. The van der Waals surface area contributed by atoms with Gasteiger partial charge in [-0.3, -0.25) is 0 Å². The molecule has 2 aliphatic rings. The minimum atomic E-state index is -0.180. The van der Waals surface area contributed by atoms with Gasteiger partial charge in [0.15, 0.2) is 0 Å². The molecule has 0 aromatic heterocycles. The van der Waals surface area contributed by atoms with E-state index in [0.29, 0.717) is 18.0 Å². The van der Waals surface area contributed by atoms with Crippen molar-refractivity contribution in [3.63, 3.8) is 0 Å². The number of ether oxygens (including phenoxy) is 1. The van der Waals surface area contributed by atoms with E-state index in [4.69, 9.17) is 4.74 Å². The van der Waals surface area contributed by atoms with Gasteiger partial charge in [0.25, 0.3) is 0 Å². The van der Waals surface area contributed by atoms with E-state index < -0.39 is 0 Å². The predicted molar refractivity (Wildman–Crippen MR) is 53.6 cm³/mol. The second-order valence-corrected chi connectivity index (χ2v) is 6.02. The van der Waals surface area contributed by atoms with Crippen molar-refractivity contribution in [3.8, 4) is 0 Å². The molecular formula is C10H12NO2Tl. The number of nitrogens with zero attached hydrogens (tertiary/aromatic N) is 1. The van der Waals surface area contributed by atoms with E-state index in [-0.39, 0.29) is 5.97 Å². The third-order valence-electron chi connectivity index (χ3n) is 2.97. The van der Waals surface area contributed by atoms with Gasteiger partial charge in [0.05, 0.1) is 0 Å². The Balaban J connectivity index is 2.18. The summed E-state index contributed by atoms with van der Waals surface area (Å²) in [5.41, 5.74) is 0.821. The number of fused-ring (bicyclic) bond motifs is 1. The van der Waals surface area contributed by atoms with Crippen molar-refractivity contribution in [2.45, 2.75) is 18.5 Å². The molecule has 2 rings (SSSR count). The summed E-state index contributed by atoms with van der Waals surface area (Å²) in [5, 5.41) is 0. The molecule has 0 saturated carbocycles. The van der Waals surface area contributed by atoms with E-state index in [1.807, 2.05) is 12.2 Å². The van der Waals surface area contributed by atoms with Crippen molar-refractivity contribution >= 4 is 32.0 Å². The Morgan fingerprint density at radius 2 is 2.57 bits per heavy atom. The molecule has 72 valence electrons. The second kappa shape index (κ2) is 3.77. The van der Waals surface area contributed by atoms with Crippen LogP contribution in [0.3, 0.4) is 0 Å². The van der Waals surface area contributed by atoms with Crippen LogP contribution in [0.25, 0.3) is 0 Å². The van der Waals surface area contributed by atoms with Crippen LogP contribution in [-0.2, 0) is 9.53 Å². The van der Waals surface area contributed by atoms with Crippen LogP contribution in [0.15, 0.2) is 24.3 Å². The van der Waals surface area contributed by atoms with Crippen LogP contribution in [0.2, 0.25) is 0 Å². The van der Waals surface area contributed by atoms with Crippen molar-refractivity contribution < 1.29 is 9.53 Å². The van der Waals surface area contributed by atoms with Gasteiger partial charge >= 0.3 is 100 Å². The Morgan fingerprint density at radius 3 is 3.14 bits per heavy atom. The van der Waals surface area contributed by atoms with Crippen LogP contribution in [0.5, 0.6) is 0 Å². The summed E-state index contributed by atoms with van der Waals surface area (Å²) >= 11 is 0.864. The van der Waals surface area contributed by atoms with Gasteiger partial charge in [-0.25, -0.2) is 0 Å². The zero-order valence-electron chi connectivity index (χ0n) is 8.14. The van der Waals surface area contributed by atoms with Crippen molar-refractivity contribution in [1.82, 2.24) is 2.71 Å². The summed E-state index contributed by atoms with van der Waals surface area (Å²) in [6.07, 6.45) is 4.81. The molecule has 3 nitrogen and oxygen atoms in total.